The fourth-order valence-electron chi connectivity index (χ4n) is 3.24. The zero-order chi connectivity index (χ0) is 26.8. The maximum Gasteiger partial charge on any atom is 0.423 e. The van der Waals surface area contributed by atoms with E-state index in [2.05, 4.69) is 5.32 Å². The lowest BCUT2D eigenvalue weighted by Gasteiger charge is -2.44. The van der Waals surface area contributed by atoms with Crippen LogP contribution in [0.4, 0.5) is 0 Å². The van der Waals surface area contributed by atoms with Crippen LogP contribution in [0.15, 0.2) is 0 Å². The second-order valence-corrected chi connectivity index (χ2v) is 11.6. The molecule has 1 aliphatic heterocycles. The molecule has 0 aliphatic carbocycles. The molecule has 1 saturated heterocycles. The number of esters is 3. The Morgan fingerprint density at radius 3 is 1.83 bits per heavy atom. The molecule has 1 fully saturated rings. The van der Waals surface area contributed by atoms with E-state index in [1.54, 1.807) is 0 Å². The summed E-state index contributed by atoms with van der Waals surface area (Å²) >= 11 is 4.36. The van der Waals surface area contributed by atoms with E-state index in [1.165, 1.54) is 35.3 Å². The molecule has 0 spiro atoms. The lowest BCUT2D eigenvalue weighted by atomic mass is 10.0. The van der Waals surface area contributed by atoms with E-state index in [9.17, 15) is 14.4 Å². The molecule has 1 aliphatic rings. The van der Waals surface area contributed by atoms with Crippen LogP contribution in [0.25, 0.3) is 0 Å². The zero-order valence-corrected chi connectivity index (χ0v) is 23.5. The molecule has 0 bridgehead atoms. The van der Waals surface area contributed by atoms with E-state index in [1.807, 2.05) is 25.7 Å². The van der Waals surface area contributed by atoms with E-state index in [0.29, 0.717) is 30.1 Å². The third-order valence-corrected chi connectivity index (χ3v) is 7.34. The average Bonchev–Trinajstić information content (AvgIpc) is 2.79. The van der Waals surface area contributed by atoms with Gasteiger partial charge in [0, 0.05) is 0 Å². The maximum atomic E-state index is 13.4. The van der Waals surface area contributed by atoms with Crippen molar-refractivity contribution >= 4 is 53.2 Å². The summed E-state index contributed by atoms with van der Waals surface area (Å²) in [6.07, 6.45) is 7.61. The quantitative estimate of drug-likeness (QED) is 0.107. The van der Waals surface area contributed by atoms with Crippen molar-refractivity contribution in [2.24, 2.45) is 22.9 Å². The van der Waals surface area contributed by atoms with Crippen molar-refractivity contribution in [1.29, 1.82) is 0 Å². The summed E-state index contributed by atoms with van der Waals surface area (Å²) in [5.41, 5.74) is 19.3. The number of hydrogen-bond acceptors (Lipinski definition) is 14. The Morgan fingerprint density at radius 1 is 0.914 bits per heavy atom. The van der Waals surface area contributed by atoms with Crippen LogP contribution in [0.2, 0.25) is 0 Å². The molecule has 14 heteroatoms. The van der Waals surface area contributed by atoms with Crippen molar-refractivity contribution < 1.29 is 28.6 Å². The van der Waals surface area contributed by atoms with Crippen molar-refractivity contribution in [3.63, 3.8) is 0 Å². The molecular formula is C21H41N5O6S3. The highest BCUT2D eigenvalue weighted by molar-refractivity contribution is 7.98. The first-order valence-electron chi connectivity index (χ1n) is 11.5. The van der Waals surface area contributed by atoms with E-state index < -0.39 is 40.9 Å². The predicted molar refractivity (Wildman–Crippen MR) is 142 cm³/mol. The number of hydrogen-bond donors (Lipinski definition) is 5. The third-order valence-electron chi connectivity index (χ3n) is 5.51. The minimum Gasteiger partial charge on any atom is -0.386 e. The number of carbonyl (C=O) groups is 3. The fourth-order valence-corrected chi connectivity index (χ4v) is 4.83. The Hall–Kier alpha value is -0.740. The maximum absolute atomic E-state index is 13.4. The van der Waals surface area contributed by atoms with Gasteiger partial charge in [-0.2, -0.15) is 35.3 Å². The fraction of sp³-hybridized carbons (Fsp3) is 0.857. The van der Waals surface area contributed by atoms with Crippen molar-refractivity contribution in [3.05, 3.63) is 0 Å². The Kier molecular flexibility index (Phi) is 13.2. The van der Waals surface area contributed by atoms with Crippen molar-refractivity contribution in [2.75, 3.05) is 36.0 Å². The van der Waals surface area contributed by atoms with Crippen molar-refractivity contribution in [3.8, 4) is 0 Å². The van der Waals surface area contributed by atoms with Crippen LogP contribution in [0.1, 0.15) is 51.9 Å². The van der Waals surface area contributed by atoms with Crippen LogP contribution >= 0.6 is 35.3 Å². The predicted octanol–water partition coefficient (Wildman–Crippen LogP) is 0.636. The first-order valence-corrected chi connectivity index (χ1v) is 15.6. The summed E-state index contributed by atoms with van der Waals surface area (Å²) in [4.78, 5) is 39.8. The number of rotatable bonds is 15. The number of nitrogens with two attached hydrogens (primary N) is 4. The largest absolute Gasteiger partial charge is 0.423 e. The lowest BCUT2D eigenvalue weighted by Crippen LogP contribution is -2.77. The summed E-state index contributed by atoms with van der Waals surface area (Å²) in [6.45, 7) is 1.96. The smallest absolute Gasteiger partial charge is 0.386 e. The van der Waals surface area contributed by atoms with Gasteiger partial charge in [-0.25, -0.2) is 14.4 Å². The van der Waals surface area contributed by atoms with E-state index in [4.69, 9.17) is 37.1 Å². The van der Waals surface area contributed by atoms with Gasteiger partial charge in [-0.1, -0.05) is 19.8 Å². The molecule has 0 aromatic carbocycles. The summed E-state index contributed by atoms with van der Waals surface area (Å²) in [5.74, 6) is -3.99. The van der Waals surface area contributed by atoms with Crippen LogP contribution in [0.5, 0.6) is 0 Å². The van der Waals surface area contributed by atoms with Crippen molar-refractivity contribution in [2.45, 2.75) is 74.8 Å². The molecule has 204 valence electrons. The van der Waals surface area contributed by atoms with Crippen LogP contribution < -0.4 is 28.3 Å². The Balaban J connectivity index is 3.49. The summed E-state index contributed by atoms with van der Waals surface area (Å²) in [6, 6.07) is 0. The van der Waals surface area contributed by atoms with Gasteiger partial charge in [0.15, 0.2) is 17.0 Å². The molecule has 2 unspecified atom stereocenters. The Labute approximate surface area is 220 Å². The monoisotopic (exact) mass is 555 g/mol. The molecule has 0 amide bonds. The number of unbranched alkanes of at least 4 members (excludes halogenated alkanes) is 2. The number of cyclic esters (lactones) is 2. The minimum atomic E-state index is -2.40. The Morgan fingerprint density at radius 2 is 1.40 bits per heavy atom. The number of nitrogens with one attached hydrogen (secondary N) is 1. The number of thioether (sulfide) groups is 3. The second kappa shape index (κ2) is 14.3. The third kappa shape index (κ3) is 9.26. The molecule has 0 aromatic rings. The molecule has 0 radical (unpaired) electrons. The minimum absolute atomic E-state index is 0.0879. The first kappa shape index (κ1) is 32.3. The lowest BCUT2D eigenvalue weighted by molar-refractivity contribution is -0.343. The van der Waals surface area contributed by atoms with Gasteiger partial charge >= 0.3 is 23.9 Å². The second-order valence-electron chi connectivity index (χ2n) is 8.65. The van der Waals surface area contributed by atoms with Gasteiger partial charge in [0.1, 0.15) is 0 Å². The first-order chi connectivity index (χ1) is 16.3. The van der Waals surface area contributed by atoms with E-state index in [0.717, 1.165) is 6.42 Å². The van der Waals surface area contributed by atoms with Gasteiger partial charge in [-0.15, -0.1) is 0 Å². The molecular weight excluding hydrogens is 514 g/mol. The van der Waals surface area contributed by atoms with Gasteiger partial charge in [0.2, 0.25) is 0 Å². The van der Waals surface area contributed by atoms with Gasteiger partial charge in [-0.3, -0.25) is 5.32 Å². The zero-order valence-electron chi connectivity index (χ0n) is 21.1. The highest BCUT2D eigenvalue weighted by atomic mass is 32.2. The highest BCUT2D eigenvalue weighted by Gasteiger charge is 2.57. The number of carbonyl (C=O) groups excluding carboxylic acids is 3. The van der Waals surface area contributed by atoms with Gasteiger partial charge in [-0.05, 0) is 61.7 Å². The molecule has 35 heavy (non-hydrogen) atoms. The summed E-state index contributed by atoms with van der Waals surface area (Å²) in [5, 5.41) is 2.78. The van der Waals surface area contributed by atoms with E-state index in [-0.39, 0.29) is 25.7 Å². The molecule has 9 N–H and O–H groups in total. The Bertz CT molecular complexity index is 692. The van der Waals surface area contributed by atoms with Crippen LogP contribution in [-0.4, -0.2) is 76.9 Å². The highest BCUT2D eigenvalue weighted by Crippen LogP contribution is 2.32. The SMILES string of the molecule is CCCCCC1(OC(=O)C(N)(N)CCSC)OC(=O)C(N)(CCSC)NC(N)(CCSC)C(=O)O1. The molecule has 11 nitrogen and oxygen atoms in total. The topological polar surface area (TPSA) is 195 Å². The molecule has 1 heterocycles. The van der Waals surface area contributed by atoms with E-state index >= 15 is 0 Å². The normalized spacial score (nSPS) is 27.5. The molecule has 2 atom stereocenters. The van der Waals surface area contributed by atoms with Crippen LogP contribution in [0, 0.1) is 0 Å². The summed E-state index contributed by atoms with van der Waals surface area (Å²) in [7, 11) is 0. The van der Waals surface area contributed by atoms with Crippen LogP contribution in [-0.2, 0) is 28.6 Å². The van der Waals surface area contributed by atoms with Crippen molar-refractivity contribution in [1.82, 2.24) is 5.32 Å². The molecule has 0 aromatic heterocycles. The molecule has 1 rings (SSSR count). The standard InChI is InChI=1S/C21H41N5O6S3/c1-5-6-7-8-21(30-15(27)18(22,23)9-12-33-2)31-16(28)19(24,10-13-34-3)26-20(25,11-14-35-4)17(29)32-21/h26H,5-14,22-25H2,1-4H3. The van der Waals surface area contributed by atoms with Gasteiger partial charge in [0.25, 0.3) is 0 Å². The number of ether oxygens (including phenoxy) is 3. The average molecular weight is 556 g/mol. The molecule has 0 saturated carbocycles. The van der Waals surface area contributed by atoms with Gasteiger partial charge < -0.3 is 37.1 Å². The van der Waals surface area contributed by atoms with Crippen LogP contribution in [0.3, 0.4) is 0 Å². The summed E-state index contributed by atoms with van der Waals surface area (Å²) < 4.78 is 16.7. The van der Waals surface area contributed by atoms with Gasteiger partial charge in [0.05, 0.1) is 6.42 Å².